The first kappa shape index (κ1) is 18.0. The van der Waals surface area contributed by atoms with Gasteiger partial charge in [-0.3, -0.25) is 4.79 Å². The van der Waals surface area contributed by atoms with Gasteiger partial charge in [-0.25, -0.2) is 18.7 Å². The van der Waals surface area contributed by atoms with E-state index in [0.717, 1.165) is 11.1 Å². The minimum Gasteiger partial charge on any atom is -0.467 e. The Hall–Kier alpha value is -3.39. The maximum Gasteiger partial charge on any atom is 0.262 e. The number of nitrogens with one attached hydrogen (secondary N) is 1. The number of rotatable bonds is 5. The molecule has 4 aromatic rings. The molecule has 1 N–H and O–H groups in total. The molecule has 0 atom stereocenters. The second-order valence-corrected chi connectivity index (χ2v) is 6.72. The summed E-state index contributed by atoms with van der Waals surface area (Å²) >= 11 is 1.40. The molecule has 4 rings (SSSR count). The third kappa shape index (κ3) is 3.81. The van der Waals surface area contributed by atoms with Crippen molar-refractivity contribution in [2.45, 2.75) is 0 Å². The van der Waals surface area contributed by atoms with Gasteiger partial charge < -0.3 is 10.1 Å². The van der Waals surface area contributed by atoms with Crippen molar-refractivity contribution in [3.05, 3.63) is 71.9 Å². The summed E-state index contributed by atoms with van der Waals surface area (Å²) in [7, 11) is 0. The van der Waals surface area contributed by atoms with Gasteiger partial charge in [0.05, 0.1) is 5.39 Å². The predicted octanol–water partition coefficient (Wildman–Crippen LogP) is 4.65. The molecule has 8 heteroatoms. The van der Waals surface area contributed by atoms with Crippen LogP contribution in [0.15, 0.2) is 60.2 Å². The van der Waals surface area contributed by atoms with Crippen LogP contribution in [0.3, 0.4) is 0 Å². The molecule has 0 aliphatic carbocycles. The summed E-state index contributed by atoms with van der Waals surface area (Å²) in [5.74, 6) is -0.973. The fraction of sp³-hybridized carbons (Fsp3) is 0.0500. The number of benzene rings is 2. The molecule has 0 aliphatic heterocycles. The quantitative estimate of drug-likeness (QED) is 0.532. The number of nitrogens with zero attached hydrogens (tertiary/aromatic N) is 2. The highest BCUT2D eigenvalue weighted by atomic mass is 32.1. The smallest absolute Gasteiger partial charge is 0.262 e. The van der Waals surface area contributed by atoms with Crippen LogP contribution in [0.2, 0.25) is 0 Å². The Morgan fingerprint density at radius 3 is 2.68 bits per heavy atom. The van der Waals surface area contributed by atoms with Gasteiger partial charge in [-0.2, -0.15) is 0 Å². The first-order valence-corrected chi connectivity index (χ1v) is 9.14. The van der Waals surface area contributed by atoms with Gasteiger partial charge in [0.1, 0.15) is 22.8 Å². The number of hydrogen-bond donors (Lipinski definition) is 1. The highest BCUT2D eigenvalue weighted by molar-refractivity contribution is 7.17. The monoisotopic (exact) mass is 397 g/mol. The van der Waals surface area contributed by atoms with Crippen molar-refractivity contribution in [1.29, 1.82) is 0 Å². The van der Waals surface area contributed by atoms with E-state index in [1.807, 2.05) is 5.38 Å². The van der Waals surface area contributed by atoms with Crippen LogP contribution in [0.25, 0.3) is 21.3 Å². The molecule has 0 fully saturated rings. The molecule has 0 saturated carbocycles. The zero-order chi connectivity index (χ0) is 19.5. The van der Waals surface area contributed by atoms with Gasteiger partial charge in [0.2, 0.25) is 5.88 Å². The second-order valence-electron chi connectivity index (χ2n) is 5.86. The fourth-order valence-electron chi connectivity index (χ4n) is 2.70. The number of amides is 1. The second kappa shape index (κ2) is 7.69. The molecule has 28 heavy (non-hydrogen) atoms. The number of fused-ring (bicyclic) bond motifs is 1. The van der Waals surface area contributed by atoms with E-state index in [1.54, 1.807) is 18.2 Å². The van der Waals surface area contributed by atoms with Crippen molar-refractivity contribution in [1.82, 2.24) is 9.97 Å². The average Bonchev–Trinajstić information content (AvgIpc) is 3.12. The maximum atomic E-state index is 13.2. The fourth-order valence-corrected chi connectivity index (χ4v) is 3.60. The van der Waals surface area contributed by atoms with E-state index >= 15 is 0 Å². The van der Waals surface area contributed by atoms with Crippen LogP contribution < -0.4 is 10.1 Å². The van der Waals surface area contributed by atoms with Crippen LogP contribution in [-0.4, -0.2) is 22.5 Å². The first-order valence-electron chi connectivity index (χ1n) is 8.26. The Bertz CT molecular complexity index is 1150. The van der Waals surface area contributed by atoms with Gasteiger partial charge in [-0.05, 0) is 35.9 Å². The van der Waals surface area contributed by atoms with Crippen LogP contribution >= 0.6 is 11.3 Å². The molecular weight excluding hydrogens is 384 g/mol. The molecule has 2 heterocycles. The van der Waals surface area contributed by atoms with Crippen molar-refractivity contribution in [3.63, 3.8) is 0 Å². The number of carbonyl (C=O) groups is 1. The third-order valence-corrected chi connectivity index (χ3v) is 4.83. The van der Waals surface area contributed by atoms with Gasteiger partial charge >= 0.3 is 0 Å². The summed E-state index contributed by atoms with van der Waals surface area (Å²) in [6.45, 7) is -0.304. The standard InChI is InChI=1S/C20H13F2N3O2S/c21-13-6-4-12(5-7-13)16-10-28-20-18(16)19(23-11-24-20)27-9-17(26)25-15-3-1-2-14(22)8-15/h1-8,10-11H,9H2,(H,25,26). The number of carbonyl (C=O) groups excluding carboxylic acids is 1. The van der Waals surface area contributed by atoms with Crippen molar-refractivity contribution in [2.24, 2.45) is 0 Å². The molecule has 0 bridgehead atoms. The lowest BCUT2D eigenvalue weighted by Crippen LogP contribution is -2.20. The third-order valence-electron chi connectivity index (χ3n) is 3.94. The van der Waals surface area contributed by atoms with E-state index in [2.05, 4.69) is 15.3 Å². The average molecular weight is 397 g/mol. The summed E-state index contributed by atoms with van der Waals surface area (Å²) in [6, 6.07) is 11.6. The number of aromatic nitrogens is 2. The normalized spacial score (nSPS) is 10.8. The summed E-state index contributed by atoms with van der Waals surface area (Å²) in [6.07, 6.45) is 1.35. The Morgan fingerprint density at radius 2 is 1.89 bits per heavy atom. The molecule has 0 saturated heterocycles. The van der Waals surface area contributed by atoms with E-state index in [-0.39, 0.29) is 18.3 Å². The lowest BCUT2D eigenvalue weighted by atomic mass is 10.1. The van der Waals surface area contributed by atoms with Crippen molar-refractivity contribution in [3.8, 4) is 17.0 Å². The SMILES string of the molecule is O=C(COc1ncnc2scc(-c3ccc(F)cc3)c12)Nc1cccc(F)c1. The molecule has 0 spiro atoms. The van der Waals surface area contributed by atoms with E-state index in [4.69, 9.17) is 4.74 Å². The molecule has 1 amide bonds. The molecular formula is C20H13F2N3O2S. The van der Waals surface area contributed by atoms with Gasteiger partial charge in [-0.1, -0.05) is 18.2 Å². The van der Waals surface area contributed by atoms with Crippen LogP contribution in [0.1, 0.15) is 0 Å². The Kier molecular flexibility index (Phi) is 4.94. The number of ether oxygens (including phenoxy) is 1. The van der Waals surface area contributed by atoms with E-state index < -0.39 is 11.7 Å². The van der Waals surface area contributed by atoms with E-state index in [1.165, 1.54) is 48.0 Å². The Labute approximate surface area is 162 Å². The number of anilines is 1. The van der Waals surface area contributed by atoms with Crippen LogP contribution in [0.5, 0.6) is 5.88 Å². The molecule has 2 aromatic carbocycles. The largest absolute Gasteiger partial charge is 0.467 e. The summed E-state index contributed by atoms with van der Waals surface area (Å²) in [4.78, 5) is 21.2. The topological polar surface area (TPSA) is 64.1 Å². The lowest BCUT2D eigenvalue weighted by molar-refractivity contribution is -0.118. The molecule has 140 valence electrons. The summed E-state index contributed by atoms with van der Waals surface area (Å²) < 4.78 is 32.0. The van der Waals surface area contributed by atoms with Crippen LogP contribution in [0.4, 0.5) is 14.5 Å². The molecule has 2 aromatic heterocycles. The van der Waals surface area contributed by atoms with Gasteiger partial charge in [0, 0.05) is 16.6 Å². The zero-order valence-corrected chi connectivity index (χ0v) is 15.2. The van der Waals surface area contributed by atoms with E-state index in [9.17, 15) is 13.6 Å². The van der Waals surface area contributed by atoms with Crippen LogP contribution in [-0.2, 0) is 4.79 Å². The van der Waals surface area contributed by atoms with Crippen molar-refractivity contribution < 1.29 is 18.3 Å². The first-order chi connectivity index (χ1) is 13.6. The maximum absolute atomic E-state index is 13.2. The van der Waals surface area contributed by atoms with Crippen molar-refractivity contribution in [2.75, 3.05) is 11.9 Å². The van der Waals surface area contributed by atoms with Crippen LogP contribution in [0, 0.1) is 11.6 Å². The van der Waals surface area contributed by atoms with E-state index in [0.29, 0.717) is 15.9 Å². The van der Waals surface area contributed by atoms with Gasteiger partial charge in [-0.15, -0.1) is 11.3 Å². The predicted molar refractivity (Wildman–Crippen MR) is 103 cm³/mol. The minimum absolute atomic E-state index is 0.250. The lowest BCUT2D eigenvalue weighted by Gasteiger charge is -2.09. The number of hydrogen-bond acceptors (Lipinski definition) is 5. The summed E-state index contributed by atoms with van der Waals surface area (Å²) in [5, 5.41) is 5.09. The summed E-state index contributed by atoms with van der Waals surface area (Å²) in [5.41, 5.74) is 1.92. The van der Waals surface area contributed by atoms with Crippen molar-refractivity contribution >= 4 is 33.1 Å². The molecule has 5 nitrogen and oxygen atoms in total. The van der Waals surface area contributed by atoms with Gasteiger partial charge in [0.25, 0.3) is 5.91 Å². The Morgan fingerprint density at radius 1 is 1.07 bits per heavy atom. The number of thiophene rings is 1. The number of halogens is 2. The zero-order valence-electron chi connectivity index (χ0n) is 14.4. The molecule has 0 unspecified atom stereocenters. The highest BCUT2D eigenvalue weighted by Gasteiger charge is 2.15. The van der Waals surface area contributed by atoms with Gasteiger partial charge in [0.15, 0.2) is 6.61 Å². The molecule has 0 aliphatic rings. The Balaban J connectivity index is 1.56. The minimum atomic E-state index is -0.448. The highest BCUT2D eigenvalue weighted by Crippen LogP contribution is 2.37. The molecule has 0 radical (unpaired) electrons.